The van der Waals surface area contributed by atoms with E-state index in [-0.39, 0.29) is 11.5 Å². The topological polar surface area (TPSA) is 82.4 Å². The molecule has 0 aliphatic heterocycles. The predicted octanol–water partition coefficient (Wildman–Crippen LogP) is 4.96. The van der Waals surface area contributed by atoms with Gasteiger partial charge in [0.15, 0.2) is 16.9 Å². The van der Waals surface area contributed by atoms with E-state index < -0.39 is 5.92 Å². The Morgan fingerprint density at radius 3 is 2.86 bits per heavy atom. The number of rotatable bonds is 6. The van der Waals surface area contributed by atoms with E-state index in [1.165, 1.54) is 23.1 Å². The molecule has 7 heteroatoms. The molecule has 1 N–H and O–H groups in total. The van der Waals surface area contributed by atoms with Crippen LogP contribution in [0, 0.1) is 18.3 Å². The first-order chi connectivity index (χ1) is 13.6. The minimum absolute atomic E-state index is 0.164. The summed E-state index contributed by atoms with van der Waals surface area (Å²) in [6.07, 6.45) is 0. The van der Waals surface area contributed by atoms with E-state index in [1.807, 2.05) is 60.8 Å². The summed E-state index contributed by atoms with van der Waals surface area (Å²) in [4.78, 5) is 24.9. The van der Waals surface area contributed by atoms with Crippen LogP contribution >= 0.6 is 23.1 Å². The fraction of sp³-hybridized carbons (Fsp3) is 0.143. The number of hydrogen-bond acceptors (Lipinski definition) is 6. The Kier molecular flexibility index (Phi) is 5.24. The number of benzene rings is 2. The van der Waals surface area contributed by atoms with Crippen molar-refractivity contribution in [2.45, 2.75) is 18.0 Å². The number of imidazole rings is 1. The third kappa shape index (κ3) is 3.84. The molecule has 4 aromatic rings. The summed E-state index contributed by atoms with van der Waals surface area (Å²) in [5.74, 6) is -0.864. The molecule has 0 aliphatic rings. The fourth-order valence-electron chi connectivity index (χ4n) is 2.82. The first-order valence-electron chi connectivity index (χ1n) is 8.66. The molecule has 5 nitrogen and oxygen atoms in total. The van der Waals surface area contributed by atoms with Gasteiger partial charge in [0.05, 0.1) is 28.5 Å². The van der Waals surface area contributed by atoms with E-state index in [1.54, 1.807) is 0 Å². The van der Waals surface area contributed by atoms with Crippen LogP contribution in [0.15, 0.2) is 59.1 Å². The molecule has 0 saturated heterocycles. The molecule has 4 rings (SSSR count). The van der Waals surface area contributed by atoms with Crippen LogP contribution in [-0.2, 0) is 4.79 Å². The third-order valence-electron chi connectivity index (χ3n) is 4.26. The van der Waals surface area contributed by atoms with Crippen LogP contribution in [0.2, 0.25) is 0 Å². The Morgan fingerprint density at radius 1 is 1.25 bits per heavy atom. The van der Waals surface area contributed by atoms with Crippen LogP contribution in [0.3, 0.4) is 0 Å². The fourth-order valence-corrected chi connectivity index (χ4v) is 4.50. The van der Waals surface area contributed by atoms with Gasteiger partial charge in [0.2, 0.25) is 0 Å². The van der Waals surface area contributed by atoms with Crippen molar-refractivity contribution in [3.63, 3.8) is 0 Å². The first kappa shape index (κ1) is 18.4. The van der Waals surface area contributed by atoms with E-state index >= 15 is 0 Å². The molecule has 0 aliphatic carbocycles. The number of fused-ring (bicyclic) bond motifs is 1. The van der Waals surface area contributed by atoms with Crippen LogP contribution in [0.25, 0.3) is 22.3 Å². The zero-order valence-corrected chi connectivity index (χ0v) is 16.7. The predicted molar refractivity (Wildman–Crippen MR) is 112 cm³/mol. The molecule has 0 spiro atoms. The number of aromatic amines is 1. The lowest BCUT2D eigenvalue weighted by Gasteiger charge is -2.03. The Labute approximate surface area is 170 Å². The molecule has 0 saturated carbocycles. The lowest BCUT2D eigenvalue weighted by atomic mass is 10.1. The van der Waals surface area contributed by atoms with Crippen LogP contribution < -0.4 is 0 Å². The van der Waals surface area contributed by atoms with Crippen molar-refractivity contribution in [1.82, 2.24) is 15.0 Å². The maximum atomic E-state index is 12.6. The minimum atomic E-state index is -0.860. The Hall–Kier alpha value is -2.95. The first-order valence-corrected chi connectivity index (χ1v) is 10.5. The number of nitrogens with zero attached hydrogens (tertiary/aromatic N) is 3. The van der Waals surface area contributed by atoms with Gasteiger partial charge in [-0.3, -0.25) is 4.79 Å². The number of nitrogens with one attached hydrogen (secondary N) is 1. The van der Waals surface area contributed by atoms with Gasteiger partial charge in [-0.1, -0.05) is 48.2 Å². The lowest BCUT2D eigenvalue weighted by molar-refractivity contribution is -0.116. The lowest BCUT2D eigenvalue weighted by Crippen LogP contribution is -2.13. The van der Waals surface area contributed by atoms with Gasteiger partial charge in [0.25, 0.3) is 0 Å². The van der Waals surface area contributed by atoms with Gasteiger partial charge in [-0.2, -0.15) is 5.26 Å². The van der Waals surface area contributed by atoms with Gasteiger partial charge < -0.3 is 4.98 Å². The average molecular weight is 405 g/mol. The Balaban J connectivity index is 1.47. The van der Waals surface area contributed by atoms with Crippen molar-refractivity contribution >= 4 is 39.9 Å². The SMILES string of the molecule is Cc1ccc2nc(SCC(=O)C(C#N)c3nc(-c4ccccc4)cs3)[nH]c2c1. The summed E-state index contributed by atoms with van der Waals surface area (Å²) in [5, 5.41) is 12.6. The highest BCUT2D eigenvalue weighted by Gasteiger charge is 2.24. The van der Waals surface area contributed by atoms with Crippen LogP contribution in [-0.4, -0.2) is 26.5 Å². The van der Waals surface area contributed by atoms with Crippen LogP contribution in [0.5, 0.6) is 0 Å². The summed E-state index contributed by atoms with van der Waals surface area (Å²) < 4.78 is 0. The second kappa shape index (κ2) is 7.97. The molecule has 0 fully saturated rings. The smallest absolute Gasteiger partial charge is 0.167 e. The number of thiazole rings is 1. The van der Waals surface area contributed by atoms with Gasteiger partial charge in [-0.25, -0.2) is 9.97 Å². The van der Waals surface area contributed by atoms with E-state index in [0.717, 1.165) is 27.9 Å². The zero-order valence-electron chi connectivity index (χ0n) is 15.0. The summed E-state index contributed by atoms with van der Waals surface area (Å²) in [6.45, 7) is 2.02. The van der Waals surface area contributed by atoms with Crippen molar-refractivity contribution < 1.29 is 4.79 Å². The standard InChI is InChI=1S/C21H16N4OS2/c1-13-7-8-16-17(9-13)25-21(24-16)28-12-19(26)15(10-22)20-23-18(11-27-20)14-5-3-2-4-6-14/h2-9,11,15H,12H2,1H3,(H,24,25). The number of nitriles is 1. The van der Waals surface area contributed by atoms with E-state index in [2.05, 4.69) is 21.0 Å². The van der Waals surface area contributed by atoms with E-state index in [4.69, 9.17) is 0 Å². The van der Waals surface area contributed by atoms with Gasteiger partial charge >= 0.3 is 0 Å². The maximum absolute atomic E-state index is 12.6. The molecule has 2 aromatic carbocycles. The van der Waals surface area contributed by atoms with Crippen LogP contribution in [0.1, 0.15) is 16.5 Å². The molecule has 28 heavy (non-hydrogen) atoms. The summed E-state index contributed by atoms with van der Waals surface area (Å²) in [5.41, 5.74) is 4.71. The van der Waals surface area contributed by atoms with Gasteiger partial charge in [-0.05, 0) is 24.6 Å². The number of ketones is 1. The van der Waals surface area contributed by atoms with Crippen molar-refractivity contribution in [1.29, 1.82) is 5.26 Å². The van der Waals surface area contributed by atoms with Crippen molar-refractivity contribution in [3.05, 3.63) is 64.5 Å². The molecular weight excluding hydrogens is 388 g/mol. The third-order valence-corrected chi connectivity index (χ3v) is 6.06. The van der Waals surface area contributed by atoms with Gasteiger partial charge in [0, 0.05) is 10.9 Å². The Morgan fingerprint density at radius 2 is 2.07 bits per heavy atom. The summed E-state index contributed by atoms with van der Waals surface area (Å²) >= 11 is 2.66. The number of carbonyl (C=O) groups excluding carboxylic acids is 1. The van der Waals surface area contributed by atoms with Crippen LogP contribution in [0.4, 0.5) is 0 Å². The number of hydrogen-bond donors (Lipinski definition) is 1. The van der Waals surface area contributed by atoms with Crippen molar-refractivity contribution in [3.8, 4) is 17.3 Å². The van der Waals surface area contributed by atoms with E-state index in [9.17, 15) is 10.1 Å². The number of thioether (sulfide) groups is 1. The number of H-pyrrole nitrogens is 1. The molecule has 0 amide bonds. The normalized spacial score (nSPS) is 12.0. The highest BCUT2D eigenvalue weighted by molar-refractivity contribution is 7.99. The molecule has 138 valence electrons. The van der Waals surface area contributed by atoms with Gasteiger partial charge in [-0.15, -0.1) is 11.3 Å². The second-order valence-corrected chi connectivity index (χ2v) is 8.17. The van der Waals surface area contributed by atoms with Crippen molar-refractivity contribution in [2.24, 2.45) is 0 Å². The Bertz CT molecular complexity index is 1170. The quantitative estimate of drug-likeness (QED) is 0.459. The highest BCUT2D eigenvalue weighted by atomic mass is 32.2. The zero-order chi connectivity index (χ0) is 19.5. The second-order valence-electron chi connectivity index (χ2n) is 6.32. The minimum Gasteiger partial charge on any atom is -0.333 e. The highest BCUT2D eigenvalue weighted by Crippen LogP contribution is 2.28. The monoisotopic (exact) mass is 404 g/mol. The van der Waals surface area contributed by atoms with Crippen molar-refractivity contribution in [2.75, 3.05) is 5.75 Å². The molecule has 0 radical (unpaired) electrons. The maximum Gasteiger partial charge on any atom is 0.167 e. The summed E-state index contributed by atoms with van der Waals surface area (Å²) in [7, 11) is 0. The van der Waals surface area contributed by atoms with E-state index in [0.29, 0.717) is 10.2 Å². The number of aromatic nitrogens is 3. The molecule has 1 atom stereocenters. The number of Topliss-reactive ketones (excluding diaryl/α,β-unsaturated/α-hetero) is 1. The summed E-state index contributed by atoms with van der Waals surface area (Å²) in [6, 6.07) is 17.8. The average Bonchev–Trinajstić information content (AvgIpc) is 3.34. The molecule has 2 heterocycles. The molecule has 1 unspecified atom stereocenters. The molecule has 2 aromatic heterocycles. The number of carbonyl (C=O) groups is 1. The molecule has 0 bridgehead atoms. The molecular formula is C21H16N4OS2. The number of aryl methyl sites for hydroxylation is 1. The largest absolute Gasteiger partial charge is 0.333 e. The van der Waals surface area contributed by atoms with Gasteiger partial charge in [0.1, 0.15) is 5.01 Å².